The molecule has 1 N–H and O–H groups in total. The molecule has 0 aromatic heterocycles. The van der Waals surface area contributed by atoms with Crippen LogP contribution < -0.4 is 10.2 Å². The van der Waals surface area contributed by atoms with Crippen molar-refractivity contribution in [2.45, 2.75) is 12.4 Å². The van der Waals surface area contributed by atoms with Crippen molar-refractivity contribution in [3.8, 4) is 5.75 Å². The van der Waals surface area contributed by atoms with Gasteiger partial charge in [-0.15, -0.1) is 11.8 Å². The Morgan fingerprint density at radius 2 is 1.73 bits per heavy atom. The van der Waals surface area contributed by atoms with Gasteiger partial charge in [-0.2, -0.15) is 5.10 Å². The molecule has 7 heteroatoms. The molecule has 0 unspecified atom stereocenters. The van der Waals surface area contributed by atoms with Gasteiger partial charge >= 0.3 is 0 Å². The lowest BCUT2D eigenvalue weighted by molar-refractivity contribution is -0.118. The molecule has 0 aliphatic rings. The summed E-state index contributed by atoms with van der Waals surface area (Å²) in [6.07, 6.45) is 1.61. The predicted molar refractivity (Wildman–Crippen MR) is 128 cm³/mol. The van der Waals surface area contributed by atoms with Crippen LogP contribution in [0.1, 0.15) is 16.7 Å². The Morgan fingerprint density at radius 3 is 2.47 bits per heavy atom. The molecule has 154 valence electrons. The highest BCUT2D eigenvalue weighted by molar-refractivity contribution is 9.10. The fraction of sp³-hybridized carbons (Fsp3) is 0.130. The molecule has 3 aromatic carbocycles. The van der Waals surface area contributed by atoms with Crippen LogP contribution in [0.25, 0.3) is 0 Å². The second kappa shape index (κ2) is 11.8. The smallest absolute Gasteiger partial charge is 0.250 e. The van der Waals surface area contributed by atoms with Crippen LogP contribution in [0.3, 0.4) is 0 Å². The number of hydrazone groups is 1. The van der Waals surface area contributed by atoms with Crippen LogP contribution in [0.4, 0.5) is 0 Å². The van der Waals surface area contributed by atoms with Gasteiger partial charge in [-0.1, -0.05) is 63.9 Å². The number of amides is 1. The lowest BCUT2D eigenvalue weighted by atomic mass is 10.2. The maximum atomic E-state index is 11.9. The summed E-state index contributed by atoms with van der Waals surface area (Å²) in [5.74, 6) is 1.70. The number of ether oxygens (including phenoxy) is 1. The van der Waals surface area contributed by atoms with Crippen LogP contribution in [0, 0.1) is 0 Å². The second-order valence-corrected chi connectivity index (χ2v) is 8.57. The lowest BCUT2D eigenvalue weighted by Gasteiger charge is -2.07. The van der Waals surface area contributed by atoms with E-state index in [1.807, 2.05) is 72.8 Å². The van der Waals surface area contributed by atoms with Gasteiger partial charge in [0.25, 0.3) is 0 Å². The molecule has 0 spiro atoms. The molecule has 0 fully saturated rings. The molecular weight excluding hydrogens is 484 g/mol. The Hall–Kier alpha value is -2.28. The highest BCUT2D eigenvalue weighted by Gasteiger charge is 2.03. The summed E-state index contributed by atoms with van der Waals surface area (Å²) in [6.45, 7) is 0.403. The Kier molecular flexibility index (Phi) is 8.81. The van der Waals surface area contributed by atoms with E-state index in [0.717, 1.165) is 32.7 Å². The molecule has 0 radical (unpaired) electrons. The molecular formula is C23H20BrClN2O2S. The first-order valence-corrected chi connectivity index (χ1v) is 11.5. The van der Waals surface area contributed by atoms with E-state index in [-0.39, 0.29) is 5.91 Å². The van der Waals surface area contributed by atoms with Gasteiger partial charge in [0.15, 0.2) is 0 Å². The molecule has 0 heterocycles. The first kappa shape index (κ1) is 22.4. The summed E-state index contributed by atoms with van der Waals surface area (Å²) in [7, 11) is 0. The zero-order valence-corrected chi connectivity index (χ0v) is 19.2. The number of carbonyl (C=O) groups excluding carboxylic acids is 1. The van der Waals surface area contributed by atoms with E-state index in [4.69, 9.17) is 16.3 Å². The van der Waals surface area contributed by atoms with Crippen molar-refractivity contribution >= 4 is 51.4 Å². The zero-order chi connectivity index (χ0) is 21.2. The first-order valence-electron chi connectivity index (χ1n) is 9.21. The monoisotopic (exact) mass is 502 g/mol. The number of hydrogen-bond acceptors (Lipinski definition) is 4. The topological polar surface area (TPSA) is 50.7 Å². The summed E-state index contributed by atoms with van der Waals surface area (Å²) < 4.78 is 6.81. The van der Waals surface area contributed by atoms with Crippen LogP contribution in [0.2, 0.25) is 5.02 Å². The van der Waals surface area contributed by atoms with Crippen LogP contribution in [-0.2, 0) is 17.2 Å². The quantitative estimate of drug-likeness (QED) is 0.285. The van der Waals surface area contributed by atoms with E-state index in [2.05, 4.69) is 26.5 Å². The van der Waals surface area contributed by atoms with Crippen molar-refractivity contribution < 1.29 is 9.53 Å². The molecule has 30 heavy (non-hydrogen) atoms. The van der Waals surface area contributed by atoms with E-state index in [1.54, 1.807) is 6.21 Å². The van der Waals surface area contributed by atoms with Crippen molar-refractivity contribution in [3.05, 3.63) is 99.0 Å². The predicted octanol–water partition coefficient (Wildman–Crippen LogP) is 6.07. The average Bonchev–Trinajstić information content (AvgIpc) is 2.75. The minimum absolute atomic E-state index is 0.136. The molecule has 3 rings (SSSR count). The number of nitrogens with zero attached hydrogens (tertiary/aromatic N) is 1. The maximum Gasteiger partial charge on any atom is 0.250 e. The number of halogens is 2. The Morgan fingerprint density at radius 1 is 1.03 bits per heavy atom. The molecule has 0 saturated heterocycles. The zero-order valence-electron chi connectivity index (χ0n) is 16.1. The van der Waals surface area contributed by atoms with Gasteiger partial charge in [-0.3, -0.25) is 4.79 Å². The van der Waals surface area contributed by atoms with Gasteiger partial charge in [-0.25, -0.2) is 5.43 Å². The fourth-order valence-electron chi connectivity index (χ4n) is 2.51. The van der Waals surface area contributed by atoms with Crippen LogP contribution in [0.5, 0.6) is 5.75 Å². The molecule has 1 amide bonds. The molecule has 4 nitrogen and oxygen atoms in total. The number of nitrogens with one attached hydrogen (secondary N) is 1. The number of hydrogen-bond donors (Lipinski definition) is 1. The summed E-state index contributed by atoms with van der Waals surface area (Å²) in [4.78, 5) is 11.9. The van der Waals surface area contributed by atoms with E-state index in [9.17, 15) is 4.79 Å². The van der Waals surface area contributed by atoms with Crippen molar-refractivity contribution in [2.75, 3.05) is 5.75 Å². The van der Waals surface area contributed by atoms with Crippen LogP contribution >= 0.6 is 39.3 Å². The third kappa shape index (κ3) is 7.20. The second-order valence-electron chi connectivity index (χ2n) is 6.33. The van der Waals surface area contributed by atoms with Crippen molar-refractivity contribution in [3.63, 3.8) is 0 Å². The third-order valence-corrected chi connectivity index (χ3v) is 6.21. The average molecular weight is 504 g/mol. The molecule has 0 saturated carbocycles. The van der Waals surface area contributed by atoms with E-state index in [0.29, 0.717) is 17.4 Å². The highest BCUT2D eigenvalue weighted by Crippen LogP contribution is 2.21. The van der Waals surface area contributed by atoms with Gasteiger partial charge < -0.3 is 4.74 Å². The minimum atomic E-state index is -0.136. The van der Waals surface area contributed by atoms with Gasteiger partial charge in [0, 0.05) is 20.8 Å². The number of carbonyl (C=O) groups is 1. The first-order chi connectivity index (χ1) is 14.6. The van der Waals surface area contributed by atoms with E-state index < -0.39 is 0 Å². The number of benzene rings is 3. The SMILES string of the molecule is O=C(CSCc1ccccc1Br)NN=Cc1ccc(OCc2ccccc2Cl)cc1. The largest absolute Gasteiger partial charge is 0.489 e. The van der Waals surface area contributed by atoms with Crippen molar-refractivity contribution in [2.24, 2.45) is 5.10 Å². The Labute approximate surface area is 193 Å². The summed E-state index contributed by atoms with van der Waals surface area (Å²) in [5.41, 5.74) is 5.51. The van der Waals surface area contributed by atoms with Gasteiger partial charge in [0.05, 0.1) is 12.0 Å². The summed E-state index contributed by atoms with van der Waals surface area (Å²) in [6, 6.07) is 23.0. The fourth-order valence-corrected chi connectivity index (χ4v) is 4.13. The molecule has 0 atom stereocenters. The molecule has 3 aromatic rings. The van der Waals surface area contributed by atoms with Crippen molar-refractivity contribution in [1.29, 1.82) is 0 Å². The van der Waals surface area contributed by atoms with Gasteiger partial charge in [0.1, 0.15) is 12.4 Å². The number of thioether (sulfide) groups is 1. The standard InChI is InChI=1S/C23H20BrClN2O2S/c24-21-7-3-1-6-19(21)15-30-16-23(28)27-26-13-17-9-11-20(12-10-17)29-14-18-5-2-4-8-22(18)25/h1-13H,14-16H2,(H,27,28). The Bertz CT molecular complexity index is 1010. The lowest BCUT2D eigenvalue weighted by Crippen LogP contribution is -2.19. The minimum Gasteiger partial charge on any atom is -0.489 e. The maximum absolute atomic E-state index is 11.9. The van der Waals surface area contributed by atoms with E-state index >= 15 is 0 Å². The van der Waals surface area contributed by atoms with Crippen LogP contribution in [0.15, 0.2) is 82.4 Å². The van der Waals surface area contributed by atoms with Crippen molar-refractivity contribution in [1.82, 2.24) is 5.43 Å². The Balaban J connectivity index is 1.40. The summed E-state index contributed by atoms with van der Waals surface area (Å²) >= 11 is 11.2. The van der Waals surface area contributed by atoms with Gasteiger partial charge in [-0.05, 0) is 47.5 Å². The molecule has 0 aliphatic heterocycles. The van der Waals surface area contributed by atoms with Gasteiger partial charge in [0.2, 0.25) is 5.91 Å². The third-order valence-electron chi connectivity index (χ3n) is 4.08. The highest BCUT2D eigenvalue weighted by atomic mass is 79.9. The molecule has 0 aliphatic carbocycles. The number of rotatable bonds is 9. The normalized spacial score (nSPS) is 10.9. The molecule has 0 bridgehead atoms. The summed E-state index contributed by atoms with van der Waals surface area (Å²) in [5, 5.41) is 4.70. The van der Waals surface area contributed by atoms with Crippen LogP contribution in [-0.4, -0.2) is 17.9 Å². The van der Waals surface area contributed by atoms with E-state index in [1.165, 1.54) is 11.8 Å².